The van der Waals surface area contributed by atoms with Crippen molar-refractivity contribution in [3.05, 3.63) is 41.0 Å². The molecule has 0 saturated carbocycles. The van der Waals surface area contributed by atoms with E-state index >= 15 is 0 Å². The van der Waals surface area contributed by atoms with Crippen LogP contribution in [0.2, 0.25) is 0 Å². The number of fused-ring (bicyclic) bond motifs is 3. The molecular weight excluding hydrogens is 636 g/mol. The lowest BCUT2D eigenvalue weighted by Crippen LogP contribution is -2.63. The number of methoxy groups -OCH3 is 3. The minimum atomic E-state index is -3.45. The average molecular weight is 672 g/mol. The Kier molecular flexibility index (Phi) is 9.95. The van der Waals surface area contributed by atoms with Crippen LogP contribution in [-0.2, 0) is 19.1 Å². The van der Waals surface area contributed by atoms with E-state index < -0.39 is 79.4 Å². The van der Waals surface area contributed by atoms with Gasteiger partial charge in [-0.25, -0.2) is 4.39 Å². The van der Waals surface area contributed by atoms with Gasteiger partial charge in [0.25, 0.3) is 5.91 Å². The minimum absolute atomic E-state index is 0.0590. The van der Waals surface area contributed by atoms with Gasteiger partial charge in [-0.05, 0) is 41.0 Å². The highest BCUT2D eigenvalue weighted by molar-refractivity contribution is 5.81. The van der Waals surface area contributed by atoms with Crippen molar-refractivity contribution in [1.82, 2.24) is 5.32 Å². The van der Waals surface area contributed by atoms with Gasteiger partial charge in [0.1, 0.15) is 18.3 Å². The Morgan fingerprint density at radius 2 is 1.60 bits per heavy atom. The molecule has 0 unspecified atom stereocenters. The van der Waals surface area contributed by atoms with Crippen molar-refractivity contribution in [3.8, 4) is 28.7 Å². The standard InChI is InChI=1S/C24H24FNO8.C6H11FO6/c1-29-17-4-11(5-18(30-2)23(17)31-3)20-12-6-15-16(34-10-33-15)7-13(12)22(26-19(27)8-25)14-9-32-24(28)21(14)20;7-6(12)5(11)4(10)3(9)2(1-8)13-6/h4-7,14,20-22H,8-10H2,1-3H3,(H,26,27);2-5,8-12H,1H2/t14-,20+,21-,22+;2-,3-,4+,5-,6-/m01/s1. The van der Waals surface area contributed by atoms with E-state index in [-0.39, 0.29) is 13.4 Å². The summed E-state index contributed by atoms with van der Waals surface area (Å²) in [5.74, 6) is -0.345. The highest BCUT2D eigenvalue weighted by Crippen LogP contribution is 2.55. The maximum atomic E-state index is 13.1. The quantitative estimate of drug-likeness (QED) is 0.207. The number of ether oxygens (including phenoxy) is 7. The van der Waals surface area contributed by atoms with E-state index in [4.69, 9.17) is 54.0 Å². The lowest BCUT2D eigenvalue weighted by Gasteiger charge is -2.40. The molecular formula is C30H35F2NO14. The van der Waals surface area contributed by atoms with Crippen molar-refractivity contribution in [2.24, 2.45) is 11.8 Å². The topological polar surface area (TPSA) is 212 Å². The van der Waals surface area contributed by atoms with Crippen LogP contribution >= 0.6 is 0 Å². The molecule has 2 saturated heterocycles. The molecule has 2 aromatic carbocycles. The first-order valence-electron chi connectivity index (χ1n) is 14.4. The van der Waals surface area contributed by atoms with Crippen LogP contribution < -0.4 is 29.0 Å². The number of rotatable bonds is 7. The summed E-state index contributed by atoms with van der Waals surface area (Å²) in [7, 11) is 4.55. The number of alkyl halides is 2. The molecule has 47 heavy (non-hydrogen) atoms. The van der Waals surface area contributed by atoms with Gasteiger partial charge in [-0.1, -0.05) is 0 Å². The average Bonchev–Trinajstić information content (AvgIpc) is 3.70. The first kappa shape index (κ1) is 34.3. The van der Waals surface area contributed by atoms with Gasteiger partial charge in [0.05, 0.1) is 46.5 Å². The summed E-state index contributed by atoms with van der Waals surface area (Å²) in [4.78, 5) is 25.1. The Labute approximate surface area is 266 Å². The van der Waals surface area contributed by atoms with Gasteiger partial charge in [0, 0.05) is 11.8 Å². The molecule has 17 heteroatoms. The van der Waals surface area contributed by atoms with Crippen LogP contribution in [0.1, 0.15) is 28.7 Å². The number of cyclic esters (lactones) is 1. The Balaban J connectivity index is 0.000000281. The zero-order chi connectivity index (χ0) is 34.2. The molecule has 15 nitrogen and oxygen atoms in total. The number of benzene rings is 2. The summed E-state index contributed by atoms with van der Waals surface area (Å²) in [6.45, 7) is -1.80. The van der Waals surface area contributed by atoms with Crippen molar-refractivity contribution in [2.45, 2.75) is 42.4 Å². The van der Waals surface area contributed by atoms with Gasteiger partial charge in [-0.2, -0.15) is 4.39 Å². The number of amides is 1. The van der Waals surface area contributed by atoms with Gasteiger partial charge in [0.2, 0.25) is 12.5 Å². The van der Waals surface area contributed by atoms with Crippen molar-refractivity contribution in [2.75, 3.05) is 48.0 Å². The van der Waals surface area contributed by atoms with Crippen LogP contribution in [0.25, 0.3) is 0 Å². The fourth-order valence-corrected chi connectivity index (χ4v) is 6.35. The van der Waals surface area contributed by atoms with Gasteiger partial charge in [-0.3, -0.25) is 9.59 Å². The maximum absolute atomic E-state index is 13.1. The van der Waals surface area contributed by atoms with E-state index in [1.54, 1.807) is 18.2 Å². The lowest BCUT2D eigenvalue weighted by molar-refractivity contribution is -0.403. The monoisotopic (exact) mass is 671 g/mol. The second-order valence-electron chi connectivity index (χ2n) is 11.1. The molecule has 6 rings (SSSR count). The number of carbonyl (C=O) groups excluding carboxylic acids is 2. The normalized spacial score (nSPS) is 31.8. The third-order valence-corrected chi connectivity index (χ3v) is 8.59. The number of aliphatic hydroxyl groups excluding tert-OH is 4. The highest BCUT2D eigenvalue weighted by atomic mass is 19.2. The van der Waals surface area contributed by atoms with E-state index in [0.717, 1.165) is 11.1 Å². The van der Waals surface area contributed by atoms with Gasteiger partial charge in [0.15, 0.2) is 35.8 Å². The Morgan fingerprint density at radius 3 is 2.15 bits per heavy atom. The molecule has 1 aliphatic carbocycles. The Morgan fingerprint density at radius 1 is 0.979 bits per heavy atom. The van der Waals surface area contributed by atoms with Gasteiger partial charge < -0.3 is 64.0 Å². The van der Waals surface area contributed by atoms with Crippen LogP contribution in [0.4, 0.5) is 8.78 Å². The number of carbonyl (C=O) groups is 2. The molecule has 0 aromatic heterocycles. The molecule has 6 N–H and O–H groups in total. The summed E-state index contributed by atoms with van der Waals surface area (Å²) >= 11 is 0. The Hall–Kier alpha value is -4.00. The van der Waals surface area contributed by atoms with Gasteiger partial charge in [-0.15, -0.1) is 0 Å². The molecule has 2 fully saturated rings. The molecule has 2 aromatic rings. The minimum Gasteiger partial charge on any atom is -0.493 e. The van der Waals surface area contributed by atoms with Crippen LogP contribution in [0.15, 0.2) is 24.3 Å². The number of nitrogens with one attached hydrogen (secondary N) is 1. The molecule has 258 valence electrons. The Bertz CT molecular complexity index is 1460. The number of hydrogen-bond donors (Lipinski definition) is 6. The van der Waals surface area contributed by atoms with E-state index in [2.05, 4.69) is 10.1 Å². The van der Waals surface area contributed by atoms with Crippen LogP contribution in [0.5, 0.6) is 28.7 Å². The molecule has 0 radical (unpaired) electrons. The summed E-state index contributed by atoms with van der Waals surface area (Å²) in [5, 5.41) is 46.9. The fraction of sp³-hybridized carbons (Fsp3) is 0.533. The van der Waals surface area contributed by atoms with Crippen molar-refractivity contribution >= 4 is 11.9 Å². The summed E-state index contributed by atoms with van der Waals surface area (Å²) < 4.78 is 63.2. The third-order valence-electron chi connectivity index (χ3n) is 8.59. The second-order valence-corrected chi connectivity index (χ2v) is 11.1. The van der Waals surface area contributed by atoms with Crippen molar-refractivity contribution in [3.63, 3.8) is 0 Å². The molecule has 4 aliphatic rings. The molecule has 3 heterocycles. The maximum Gasteiger partial charge on any atom is 0.347 e. The number of aliphatic hydroxyl groups is 5. The van der Waals surface area contributed by atoms with E-state index in [1.807, 2.05) is 6.07 Å². The zero-order valence-electron chi connectivity index (χ0n) is 25.4. The predicted molar refractivity (Wildman–Crippen MR) is 151 cm³/mol. The molecule has 3 aliphatic heterocycles. The van der Waals surface area contributed by atoms with Crippen molar-refractivity contribution < 1.29 is 77.1 Å². The SMILES string of the molecule is COc1cc([C@@H]2c3cc4c(cc3[C@@H](NC(=O)CF)[C@H]3COC(=O)[C@H]23)OCO4)cc(OC)c1OC.OC[C@H]1O[C@@](O)(F)[C@H](O)[C@@H](O)[C@@H]1O. The number of esters is 1. The van der Waals surface area contributed by atoms with Crippen LogP contribution in [0, 0.1) is 11.8 Å². The van der Waals surface area contributed by atoms with E-state index in [1.165, 1.54) is 21.3 Å². The molecule has 1 amide bonds. The number of halogens is 2. The molecule has 0 bridgehead atoms. The summed E-state index contributed by atoms with van der Waals surface area (Å²) in [6, 6.07) is 3.09. The number of hydrogen-bond acceptors (Lipinski definition) is 14. The highest BCUT2D eigenvalue weighted by Gasteiger charge is 2.54. The van der Waals surface area contributed by atoms with Crippen LogP contribution in [0.3, 0.4) is 0 Å². The van der Waals surface area contributed by atoms with Gasteiger partial charge >= 0.3 is 12.0 Å². The third kappa shape index (κ3) is 6.21. The van der Waals surface area contributed by atoms with Crippen LogP contribution in [-0.4, -0.2) is 116 Å². The zero-order valence-corrected chi connectivity index (χ0v) is 25.4. The first-order chi connectivity index (χ1) is 22.4. The predicted octanol–water partition coefficient (Wildman–Crippen LogP) is -0.422. The second kappa shape index (κ2) is 13.6. The summed E-state index contributed by atoms with van der Waals surface area (Å²) in [6.07, 6.45) is -7.27. The lowest BCUT2D eigenvalue weighted by atomic mass is 9.65. The summed E-state index contributed by atoms with van der Waals surface area (Å²) in [5.41, 5.74) is 2.19. The smallest absolute Gasteiger partial charge is 0.347 e. The van der Waals surface area contributed by atoms with Crippen molar-refractivity contribution in [1.29, 1.82) is 0 Å². The van der Waals surface area contributed by atoms with E-state index in [0.29, 0.717) is 34.3 Å². The molecule has 0 spiro atoms. The fourth-order valence-electron chi connectivity index (χ4n) is 6.35. The first-order valence-corrected chi connectivity index (χ1v) is 14.4. The largest absolute Gasteiger partial charge is 0.493 e. The molecule has 9 atom stereocenters. The van der Waals surface area contributed by atoms with E-state index in [9.17, 15) is 18.4 Å².